The Kier molecular flexibility index (Phi) is 42.2. The Morgan fingerprint density at radius 1 is 0.419 bits per heavy atom. The third-order valence-corrected chi connectivity index (χ3v) is 4.48. The van der Waals surface area contributed by atoms with E-state index in [1.165, 1.54) is 57.8 Å². The van der Waals surface area contributed by atoms with Crippen molar-refractivity contribution in [3.63, 3.8) is 0 Å². The van der Waals surface area contributed by atoms with Crippen LogP contribution in [0.1, 0.15) is 136 Å². The van der Waals surface area contributed by atoms with Gasteiger partial charge in [-0.1, -0.05) is 97.8 Å². The molecule has 0 radical (unpaired) electrons. The van der Waals surface area contributed by atoms with Gasteiger partial charge in [0.15, 0.2) is 0 Å². The van der Waals surface area contributed by atoms with Crippen LogP contribution < -0.4 is 0 Å². The summed E-state index contributed by atoms with van der Waals surface area (Å²) in [6, 6.07) is 0. The minimum Gasteiger partial charge on any atom is -0.481 e. The minimum atomic E-state index is -0.670. The summed E-state index contributed by atoms with van der Waals surface area (Å²) in [5.41, 5.74) is 0. The van der Waals surface area contributed by atoms with Crippen LogP contribution in [-0.2, 0) is 14.4 Å². The molecule has 184 valence electrons. The maximum atomic E-state index is 10.0. The molecule has 0 heterocycles. The molecular formula is C24H48NdO6. The quantitative estimate of drug-likeness (QED) is 0.148. The van der Waals surface area contributed by atoms with Gasteiger partial charge in [-0.15, -0.1) is 0 Å². The van der Waals surface area contributed by atoms with Crippen molar-refractivity contribution in [2.24, 2.45) is 0 Å². The van der Waals surface area contributed by atoms with Crippen LogP contribution in [0.15, 0.2) is 0 Å². The van der Waals surface area contributed by atoms with E-state index in [4.69, 9.17) is 15.3 Å². The molecule has 3 N–H and O–H groups in total. The summed E-state index contributed by atoms with van der Waals surface area (Å²) < 4.78 is 0. The molecule has 0 atom stereocenters. The second-order valence-corrected chi connectivity index (χ2v) is 7.67. The van der Waals surface area contributed by atoms with E-state index >= 15 is 0 Å². The number of carboxylic acids is 3. The third kappa shape index (κ3) is 53.2. The number of rotatable bonds is 18. The molecule has 0 unspecified atom stereocenters. The number of aliphatic carboxylic acids is 3. The van der Waals surface area contributed by atoms with E-state index in [-0.39, 0.29) is 40.8 Å². The van der Waals surface area contributed by atoms with Crippen LogP contribution in [0.2, 0.25) is 0 Å². The van der Waals surface area contributed by atoms with Gasteiger partial charge >= 0.3 is 17.9 Å². The van der Waals surface area contributed by atoms with Crippen molar-refractivity contribution in [1.82, 2.24) is 0 Å². The molecule has 0 fully saturated rings. The van der Waals surface area contributed by atoms with E-state index < -0.39 is 17.9 Å². The van der Waals surface area contributed by atoms with Crippen LogP contribution in [0.4, 0.5) is 0 Å². The number of carbonyl (C=O) groups is 3. The summed E-state index contributed by atoms with van der Waals surface area (Å²) in [7, 11) is 0. The molecule has 31 heavy (non-hydrogen) atoms. The van der Waals surface area contributed by atoms with Crippen LogP contribution in [-0.4, -0.2) is 33.2 Å². The van der Waals surface area contributed by atoms with E-state index in [9.17, 15) is 14.4 Å². The fourth-order valence-corrected chi connectivity index (χ4v) is 2.64. The summed E-state index contributed by atoms with van der Waals surface area (Å²) in [4.78, 5) is 30.1. The molecule has 0 saturated heterocycles. The Morgan fingerprint density at radius 3 is 0.774 bits per heavy atom. The Labute approximate surface area is 223 Å². The predicted molar refractivity (Wildman–Crippen MR) is 123 cm³/mol. The van der Waals surface area contributed by atoms with Gasteiger partial charge in [0.25, 0.3) is 0 Å². The maximum absolute atomic E-state index is 10.0. The molecule has 0 aromatic rings. The molecule has 0 aliphatic carbocycles. The van der Waals surface area contributed by atoms with Gasteiger partial charge in [-0.05, 0) is 19.3 Å². The zero-order valence-corrected chi connectivity index (χ0v) is 23.5. The molecule has 6 nitrogen and oxygen atoms in total. The zero-order valence-electron chi connectivity index (χ0n) is 20.3. The molecule has 0 spiro atoms. The van der Waals surface area contributed by atoms with Crippen LogP contribution in [0, 0.1) is 40.8 Å². The van der Waals surface area contributed by atoms with Crippen molar-refractivity contribution in [3.8, 4) is 0 Å². The third-order valence-electron chi connectivity index (χ3n) is 4.48. The van der Waals surface area contributed by atoms with Gasteiger partial charge in [0.05, 0.1) is 0 Å². The number of hydrogen-bond donors (Lipinski definition) is 3. The first-order valence-electron chi connectivity index (χ1n) is 12.0. The van der Waals surface area contributed by atoms with Crippen molar-refractivity contribution in [3.05, 3.63) is 0 Å². The molecule has 0 aromatic carbocycles. The van der Waals surface area contributed by atoms with Gasteiger partial charge in [0, 0.05) is 60.1 Å². The standard InChI is InChI=1S/3C8H16O2.Nd/c3*1-2-3-4-5-6-7-8(9)10;/h3*2-7H2,1H3,(H,9,10);. The molecule has 0 bridgehead atoms. The number of unbranched alkanes of at least 4 members (excludes halogenated alkanes) is 12. The number of carboxylic acid groups (broad SMARTS) is 3. The average Bonchev–Trinajstić information content (AvgIpc) is 2.68. The molecule has 0 rings (SSSR count). The molecule has 0 aliphatic rings. The Hall–Kier alpha value is -0.239. The minimum absolute atomic E-state index is 0. The van der Waals surface area contributed by atoms with Crippen molar-refractivity contribution >= 4 is 17.9 Å². The number of hydrogen-bond acceptors (Lipinski definition) is 3. The molecule has 0 aliphatic heterocycles. The molecule has 7 heteroatoms. The van der Waals surface area contributed by atoms with Gasteiger partial charge in [0.1, 0.15) is 0 Å². The van der Waals surface area contributed by atoms with Gasteiger partial charge in [0.2, 0.25) is 0 Å². The molecule has 0 saturated carbocycles. The van der Waals surface area contributed by atoms with Crippen molar-refractivity contribution in [1.29, 1.82) is 0 Å². The average molecular weight is 577 g/mol. The zero-order chi connectivity index (χ0) is 23.5. The first-order chi connectivity index (χ1) is 14.3. The normalized spacial score (nSPS) is 9.39. The van der Waals surface area contributed by atoms with Crippen LogP contribution in [0.3, 0.4) is 0 Å². The summed E-state index contributed by atoms with van der Waals surface area (Å²) in [5.74, 6) is -2.01. The van der Waals surface area contributed by atoms with Gasteiger partial charge in [-0.3, -0.25) is 14.4 Å². The molecular weight excluding hydrogens is 528 g/mol. The first-order valence-corrected chi connectivity index (χ1v) is 12.0. The smallest absolute Gasteiger partial charge is 0.303 e. The Bertz CT molecular complexity index is 331. The van der Waals surface area contributed by atoms with Crippen molar-refractivity contribution in [2.75, 3.05) is 0 Å². The monoisotopic (exact) mass is 574 g/mol. The van der Waals surface area contributed by atoms with Crippen LogP contribution in [0.5, 0.6) is 0 Å². The molecule has 0 amide bonds. The predicted octanol–water partition coefficient (Wildman–Crippen LogP) is 7.29. The van der Waals surface area contributed by atoms with E-state index in [2.05, 4.69) is 20.8 Å². The first kappa shape index (κ1) is 38.0. The van der Waals surface area contributed by atoms with E-state index in [1.807, 2.05) is 0 Å². The van der Waals surface area contributed by atoms with Gasteiger partial charge in [-0.25, -0.2) is 0 Å². The Morgan fingerprint density at radius 2 is 0.613 bits per heavy atom. The fourth-order valence-electron chi connectivity index (χ4n) is 2.64. The van der Waals surface area contributed by atoms with E-state index in [0.717, 1.165) is 38.5 Å². The second-order valence-electron chi connectivity index (χ2n) is 7.67. The van der Waals surface area contributed by atoms with E-state index in [1.54, 1.807) is 0 Å². The van der Waals surface area contributed by atoms with Gasteiger partial charge < -0.3 is 15.3 Å². The topological polar surface area (TPSA) is 112 Å². The maximum Gasteiger partial charge on any atom is 0.303 e. The summed E-state index contributed by atoms with van der Waals surface area (Å²) in [5, 5.41) is 24.8. The SMILES string of the molecule is CCCCCCCC(=O)O.CCCCCCCC(=O)O.CCCCCCCC(=O)O.[Nd]. The Balaban J connectivity index is -0.000000174. The second kappa shape index (κ2) is 34.4. The van der Waals surface area contributed by atoms with Crippen LogP contribution >= 0.6 is 0 Å². The van der Waals surface area contributed by atoms with Crippen molar-refractivity contribution < 1.29 is 70.5 Å². The van der Waals surface area contributed by atoms with Crippen LogP contribution in [0.25, 0.3) is 0 Å². The summed E-state index contributed by atoms with van der Waals surface area (Å²) >= 11 is 0. The van der Waals surface area contributed by atoms with E-state index in [0.29, 0.717) is 19.3 Å². The molecule has 0 aromatic heterocycles. The summed E-state index contributed by atoms with van der Waals surface area (Å²) in [6.45, 7) is 6.45. The fraction of sp³-hybridized carbons (Fsp3) is 0.875. The largest absolute Gasteiger partial charge is 0.481 e. The van der Waals surface area contributed by atoms with Gasteiger partial charge in [-0.2, -0.15) is 0 Å². The summed E-state index contributed by atoms with van der Waals surface area (Å²) in [6.07, 6.45) is 17.7. The van der Waals surface area contributed by atoms with Crippen molar-refractivity contribution in [2.45, 2.75) is 136 Å².